The van der Waals surface area contributed by atoms with E-state index in [1.165, 1.54) is 0 Å². The highest BCUT2D eigenvalue weighted by Crippen LogP contribution is 2.19. The molecular weight excluding hydrogens is 210 g/mol. The Morgan fingerprint density at radius 2 is 2.25 bits per heavy atom. The number of nitrogens with one attached hydrogen (secondary N) is 1. The van der Waals surface area contributed by atoms with E-state index in [2.05, 4.69) is 5.32 Å². The molecule has 3 unspecified atom stereocenters. The average molecular weight is 229 g/mol. The van der Waals surface area contributed by atoms with Crippen molar-refractivity contribution in [2.45, 2.75) is 45.3 Å². The van der Waals surface area contributed by atoms with Crippen LogP contribution in [0, 0.1) is 5.92 Å². The zero-order valence-corrected chi connectivity index (χ0v) is 9.73. The maximum atomic E-state index is 11.7. The smallest absolute Gasteiger partial charge is 0.326 e. The highest BCUT2D eigenvalue weighted by Gasteiger charge is 2.30. The summed E-state index contributed by atoms with van der Waals surface area (Å²) < 4.78 is 5.28. The average Bonchev–Trinajstić information content (AvgIpc) is 2.64. The number of hydrogen-bond acceptors (Lipinski definition) is 3. The molecule has 5 nitrogen and oxygen atoms in total. The third-order valence-electron chi connectivity index (χ3n) is 2.76. The van der Waals surface area contributed by atoms with Gasteiger partial charge in [-0.2, -0.15) is 0 Å². The van der Waals surface area contributed by atoms with Gasteiger partial charge in [-0.15, -0.1) is 0 Å². The Kier molecular flexibility index (Phi) is 4.73. The van der Waals surface area contributed by atoms with Gasteiger partial charge in [-0.3, -0.25) is 4.79 Å². The Hall–Kier alpha value is -1.10. The lowest BCUT2D eigenvalue weighted by atomic mass is 10.0. The normalized spacial score (nSPS) is 26.4. The van der Waals surface area contributed by atoms with Gasteiger partial charge in [0.25, 0.3) is 0 Å². The molecule has 0 saturated carbocycles. The molecule has 0 bridgehead atoms. The minimum Gasteiger partial charge on any atom is -0.480 e. The Balaban J connectivity index is 2.45. The summed E-state index contributed by atoms with van der Waals surface area (Å²) in [6.45, 7) is 4.20. The van der Waals surface area contributed by atoms with Gasteiger partial charge in [0.1, 0.15) is 6.04 Å². The van der Waals surface area contributed by atoms with Gasteiger partial charge in [0.15, 0.2) is 0 Å². The Morgan fingerprint density at radius 1 is 1.56 bits per heavy atom. The third kappa shape index (κ3) is 3.48. The van der Waals surface area contributed by atoms with E-state index >= 15 is 0 Å². The summed E-state index contributed by atoms with van der Waals surface area (Å²) >= 11 is 0. The molecule has 0 aliphatic carbocycles. The number of carboxylic acid groups (broad SMARTS) is 1. The number of ether oxygens (including phenoxy) is 1. The molecule has 1 saturated heterocycles. The summed E-state index contributed by atoms with van der Waals surface area (Å²) in [5.74, 6) is -1.37. The molecule has 1 amide bonds. The van der Waals surface area contributed by atoms with E-state index in [1.54, 1.807) is 0 Å². The lowest BCUT2D eigenvalue weighted by molar-refractivity contribution is -0.142. The van der Waals surface area contributed by atoms with Crippen molar-refractivity contribution in [3.63, 3.8) is 0 Å². The van der Waals surface area contributed by atoms with Crippen LogP contribution in [-0.2, 0) is 14.3 Å². The lowest BCUT2D eigenvalue weighted by Gasteiger charge is -2.15. The maximum Gasteiger partial charge on any atom is 0.326 e. The highest BCUT2D eigenvalue weighted by molar-refractivity contribution is 5.85. The highest BCUT2D eigenvalue weighted by atomic mass is 16.5. The molecule has 16 heavy (non-hydrogen) atoms. The molecule has 1 rings (SSSR count). The standard InChI is InChI=1S/C11H19NO4/c1-3-4-9(11(14)15)12-10(13)8-5-7(2)16-6-8/h7-9H,3-6H2,1-2H3,(H,12,13)(H,14,15). The molecule has 0 radical (unpaired) electrons. The first kappa shape index (κ1) is 13.0. The van der Waals surface area contributed by atoms with Crippen LogP contribution in [-0.4, -0.2) is 35.7 Å². The molecule has 1 fully saturated rings. The Morgan fingerprint density at radius 3 is 2.69 bits per heavy atom. The Bertz CT molecular complexity index is 267. The monoisotopic (exact) mass is 229 g/mol. The van der Waals surface area contributed by atoms with Gasteiger partial charge in [-0.1, -0.05) is 13.3 Å². The molecule has 1 heterocycles. The molecule has 0 aromatic carbocycles. The number of aliphatic carboxylic acids is 1. The second-order valence-corrected chi connectivity index (χ2v) is 4.26. The molecule has 1 aliphatic heterocycles. The van der Waals surface area contributed by atoms with Crippen LogP contribution < -0.4 is 5.32 Å². The van der Waals surface area contributed by atoms with E-state index in [-0.39, 0.29) is 17.9 Å². The van der Waals surface area contributed by atoms with Gasteiger partial charge in [0.05, 0.1) is 18.6 Å². The van der Waals surface area contributed by atoms with Crippen molar-refractivity contribution in [1.82, 2.24) is 5.32 Å². The van der Waals surface area contributed by atoms with Crippen LogP contribution in [0.1, 0.15) is 33.1 Å². The lowest BCUT2D eigenvalue weighted by Crippen LogP contribution is -2.43. The fourth-order valence-corrected chi connectivity index (χ4v) is 1.84. The third-order valence-corrected chi connectivity index (χ3v) is 2.76. The number of rotatable bonds is 5. The van der Waals surface area contributed by atoms with Crippen LogP contribution in [0.15, 0.2) is 0 Å². The first-order chi connectivity index (χ1) is 7.54. The molecule has 0 spiro atoms. The van der Waals surface area contributed by atoms with E-state index in [4.69, 9.17) is 9.84 Å². The molecule has 0 aromatic heterocycles. The van der Waals surface area contributed by atoms with Crippen molar-refractivity contribution in [2.24, 2.45) is 5.92 Å². The van der Waals surface area contributed by atoms with Gasteiger partial charge in [-0.25, -0.2) is 4.79 Å². The van der Waals surface area contributed by atoms with Crippen molar-refractivity contribution in [1.29, 1.82) is 0 Å². The first-order valence-electron chi connectivity index (χ1n) is 5.69. The van der Waals surface area contributed by atoms with Gasteiger partial charge in [0.2, 0.25) is 5.91 Å². The van der Waals surface area contributed by atoms with Crippen molar-refractivity contribution in [2.75, 3.05) is 6.61 Å². The second kappa shape index (κ2) is 5.84. The molecule has 2 N–H and O–H groups in total. The van der Waals surface area contributed by atoms with Crippen LogP contribution in [0.25, 0.3) is 0 Å². The molecule has 0 aromatic rings. The summed E-state index contributed by atoms with van der Waals surface area (Å²) in [5.41, 5.74) is 0. The molecule has 1 aliphatic rings. The summed E-state index contributed by atoms with van der Waals surface area (Å²) in [6.07, 6.45) is 1.95. The number of carboxylic acids is 1. The van der Waals surface area contributed by atoms with Crippen molar-refractivity contribution in [3.05, 3.63) is 0 Å². The summed E-state index contributed by atoms with van der Waals surface area (Å²) in [4.78, 5) is 22.6. The topological polar surface area (TPSA) is 75.6 Å². The van der Waals surface area contributed by atoms with Crippen LogP contribution in [0.2, 0.25) is 0 Å². The van der Waals surface area contributed by atoms with E-state index in [9.17, 15) is 9.59 Å². The molecule has 3 atom stereocenters. The number of carbonyl (C=O) groups excluding carboxylic acids is 1. The molecular formula is C11H19NO4. The van der Waals surface area contributed by atoms with Crippen LogP contribution in [0.3, 0.4) is 0 Å². The van der Waals surface area contributed by atoms with Gasteiger partial charge < -0.3 is 15.2 Å². The minimum atomic E-state index is -0.970. The first-order valence-corrected chi connectivity index (χ1v) is 5.69. The summed E-state index contributed by atoms with van der Waals surface area (Å²) in [5, 5.41) is 11.5. The molecule has 5 heteroatoms. The van der Waals surface area contributed by atoms with Crippen molar-refractivity contribution < 1.29 is 19.4 Å². The van der Waals surface area contributed by atoms with Crippen LogP contribution in [0.4, 0.5) is 0 Å². The zero-order valence-electron chi connectivity index (χ0n) is 9.73. The number of amides is 1. The van der Waals surface area contributed by atoms with Gasteiger partial charge in [-0.05, 0) is 19.8 Å². The number of hydrogen-bond donors (Lipinski definition) is 2. The maximum absolute atomic E-state index is 11.7. The van der Waals surface area contributed by atoms with E-state index in [1.807, 2.05) is 13.8 Å². The predicted octanol–water partition coefficient (Wildman–Crippen LogP) is 0.781. The zero-order chi connectivity index (χ0) is 12.1. The van der Waals surface area contributed by atoms with Gasteiger partial charge >= 0.3 is 5.97 Å². The quantitative estimate of drug-likeness (QED) is 0.730. The minimum absolute atomic E-state index is 0.0882. The summed E-state index contributed by atoms with van der Waals surface area (Å²) in [6, 6.07) is -0.770. The van der Waals surface area contributed by atoms with E-state index in [0.29, 0.717) is 19.4 Å². The van der Waals surface area contributed by atoms with Crippen LogP contribution in [0.5, 0.6) is 0 Å². The second-order valence-electron chi connectivity index (χ2n) is 4.26. The SMILES string of the molecule is CCCC(NC(=O)C1COC(C)C1)C(=O)O. The predicted molar refractivity (Wildman–Crippen MR) is 58.0 cm³/mol. The van der Waals surface area contributed by atoms with E-state index < -0.39 is 12.0 Å². The van der Waals surface area contributed by atoms with Crippen molar-refractivity contribution >= 4 is 11.9 Å². The largest absolute Gasteiger partial charge is 0.480 e. The summed E-state index contributed by atoms with van der Waals surface area (Å²) in [7, 11) is 0. The van der Waals surface area contributed by atoms with E-state index in [0.717, 1.165) is 6.42 Å². The number of carbonyl (C=O) groups is 2. The Labute approximate surface area is 95.2 Å². The fourth-order valence-electron chi connectivity index (χ4n) is 1.84. The van der Waals surface area contributed by atoms with Crippen LogP contribution >= 0.6 is 0 Å². The van der Waals surface area contributed by atoms with Crippen molar-refractivity contribution in [3.8, 4) is 0 Å². The fraction of sp³-hybridized carbons (Fsp3) is 0.818. The van der Waals surface area contributed by atoms with Gasteiger partial charge in [0, 0.05) is 0 Å². The molecule has 92 valence electrons.